The largest absolute Gasteiger partial charge is 0.225 e. The van der Waals surface area contributed by atoms with Gasteiger partial charge in [-0.15, -0.1) is 0 Å². The molecular weight excluding hydrogens is 246 g/mol. The number of nitrogens with zero attached hydrogens (tertiary/aromatic N) is 3. The molecule has 0 atom stereocenters. The molecule has 0 aliphatic heterocycles. The first-order chi connectivity index (χ1) is 9.85. The minimum Gasteiger partial charge on any atom is -0.225 e. The van der Waals surface area contributed by atoms with Crippen LogP contribution in [-0.2, 0) is 0 Å². The van der Waals surface area contributed by atoms with Crippen LogP contribution in [-0.4, -0.2) is 4.98 Å². The van der Waals surface area contributed by atoms with Crippen LogP contribution in [0.15, 0.2) is 54.6 Å². The molecule has 0 amide bonds. The topological polar surface area (TPSA) is 60.5 Å². The van der Waals surface area contributed by atoms with E-state index in [0.717, 1.165) is 21.9 Å². The van der Waals surface area contributed by atoms with Gasteiger partial charge in [0.15, 0.2) is 5.69 Å². The van der Waals surface area contributed by atoms with Crippen LogP contribution in [0.25, 0.3) is 21.9 Å². The zero-order chi connectivity index (χ0) is 13.9. The molecule has 0 bridgehead atoms. The summed E-state index contributed by atoms with van der Waals surface area (Å²) in [4.78, 5) is 4.19. The smallest absolute Gasteiger partial charge is 0.150 e. The molecule has 0 aliphatic carbocycles. The molecule has 20 heavy (non-hydrogen) atoms. The third-order valence-corrected chi connectivity index (χ3v) is 3.19. The summed E-state index contributed by atoms with van der Waals surface area (Å²) in [5.74, 6) is 0. The maximum Gasteiger partial charge on any atom is 0.150 e. The van der Waals surface area contributed by atoms with Crippen molar-refractivity contribution in [3.8, 4) is 23.3 Å². The third kappa shape index (κ3) is 1.79. The third-order valence-electron chi connectivity index (χ3n) is 3.19. The Balaban J connectivity index is 2.49. The van der Waals surface area contributed by atoms with Gasteiger partial charge in [-0.2, -0.15) is 10.5 Å². The standard InChI is InChI=1S/C17H9N3/c18-10-15-13-8-4-5-9-14(13)17(16(11-19)20-15)12-6-2-1-3-7-12/h1-9H. The molecule has 1 aromatic heterocycles. The maximum atomic E-state index is 9.34. The van der Waals surface area contributed by atoms with Crippen LogP contribution < -0.4 is 0 Å². The highest BCUT2D eigenvalue weighted by molar-refractivity contribution is 6.00. The van der Waals surface area contributed by atoms with Crippen LogP contribution >= 0.6 is 0 Å². The SMILES string of the molecule is N#Cc1nc(C#N)c2ccccc2c1-c1ccccc1. The average molecular weight is 255 g/mol. The van der Waals surface area contributed by atoms with Crippen molar-refractivity contribution in [2.75, 3.05) is 0 Å². The van der Waals surface area contributed by atoms with Crippen molar-refractivity contribution in [3.63, 3.8) is 0 Å². The Kier molecular flexibility index (Phi) is 2.88. The van der Waals surface area contributed by atoms with Crippen molar-refractivity contribution in [1.29, 1.82) is 10.5 Å². The number of pyridine rings is 1. The highest BCUT2D eigenvalue weighted by Gasteiger charge is 2.14. The number of hydrogen-bond acceptors (Lipinski definition) is 3. The van der Waals surface area contributed by atoms with E-state index >= 15 is 0 Å². The second-order valence-electron chi connectivity index (χ2n) is 4.32. The molecule has 0 radical (unpaired) electrons. The van der Waals surface area contributed by atoms with Crippen LogP contribution in [0.5, 0.6) is 0 Å². The van der Waals surface area contributed by atoms with Gasteiger partial charge in [0.05, 0.1) is 0 Å². The van der Waals surface area contributed by atoms with Crippen LogP contribution in [0.1, 0.15) is 11.4 Å². The second kappa shape index (κ2) is 4.84. The van der Waals surface area contributed by atoms with E-state index in [2.05, 4.69) is 17.1 Å². The summed E-state index contributed by atoms with van der Waals surface area (Å²) in [7, 11) is 0. The zero-order valence-corrected chi connectivity index (χ0v) is 10.5. The quantitative estimate of drug-likeness (QED) is 0.666. The Labute approximate surface area is 116 Å². The minimum absolute atomic E-state index is 0.284. The maximum absolute atomic E-state index is 9.34. The monoisotopic (exact) mass is 255 g/mol. The van der Waals surface area contributed by atoms with Gasteiger partial charge in [-0.25, -0.2) is 4.98 Å². The Morgan fingerprint density at radius 3 is 1.95 bits per heavy atom. The van der Waals surface area contributed by atoms with Crippen molar-refractivity contribution in [2.24, 2.45) is 0 Å². The van der Waals surface area contributed by atoms with Gasteiger partial charge in [-0.1, -0.05) is 54.6 Å². The lowest BCUT2D eigenvalue weighted by Crippen LogP contribution is -1.95. The van der Waals surface area contributed by atoms with Crippen molar-refractivity contribution in [2.45, 2.75) is 0 Å². The molecule has 2 aromatic carbocycles. The number of aromatic nitrogens is 1. The predicted octanol–water partition coefficient (Wildman–Crippen LogP) is 3.65. The number of benzene rings is 2. The van der Waals surface area contributed by atoms with Crippen molar-refractivity contribution >= 4 is 10.8 Å². The zero-order valence-electron chi connectivity index (χ0n) is 10.5. The molecular formula is C17H9N3. The van der Waals surface area contributed by atoms with E-state index in [1.807, 2.05) is 54.6 Å². The molecule has 0 spiro atoms. The van der Waals surface area contributed by atoms with Gasteiger partial charge in [0, 0.05) is 10.9 Å². The summed E-state index contributed by atoms with van der Waals surface area (Å²) < 4.78 is 0. The van der Waals surface area contributed by atoms with E-state index in [1.54, 1.807) is 0 Å². The van der Waals surface area contributed by atoms with Crippen molar-refractivity contribution < 1.29 is 0 Å². The van der Waals surface area contributed by atoms with Gasteiger partial charge in [0.2, 0.25) is 0 Å². The number of fused-ring (bicyclic) bond motifs is 1. The molecule has 3 rings (SSSR count). The molecule has 92 valence electrons. The highest BCUT2D eigenvalue weighted by Crippen LogP contribution is 2.32. The lowest BCUT2D eigenvalue weighted by Gasteiger charge is -2.09. The van der Waals surface area contributed by atoms with E-state index in [9.17, 15) is 10.5 Å². The van der Waals surface area contributed by atoms with Gasteiger partial charge >= 0.3 is 0 Å². The van der Waals surface area contributed by atoms with Crippen molar-refractivity contribution in [1.82, 2.24) is 4.98 Å². The van der Waals surface area contributed by atoms with Gasteiger partial charge in [-0.05, 0) is 10.9 Å². The number of hydrogen-bond donors (Lipinski definition) is 0. The van der Waals surface area contributed by atoms with Crippen LogP contribution in [0, 0.1) is 22.7 Å². The molecule has 0 saturated heterocycles. The van der Waals surface area contributed by atoms with E-state index in [0.29, 0.717) is 0 Å². The van der Waals surface area contributed by atoms with E-state index < -0.39 is 0 Å². The fraction of sp³-hybridized carbons (Fsp3) is 0. The van der Waals surface area contributed by atoms with Gasteiger partial charge < -0.3 is 0 Å². The Hall–Kier alpha value is -3.17. The number of rotatable bonds is 1. The predicted molar refractivity (Wildman–Crippen MR) is 76.6 cm³/mol. The Morgan fingerprint density at radius 1 is 0.700 bits per heavy atom. The molecule has 3 heteroatoms. The van der Waals surface area contributed by atoms with E-state index in [4.69, 9.17) is 0 Å². The summed E-state index contributed by atoms with van der Waals surface area (Å²) in [6.07, 6.45) is 0. The first kappa shape index (κ1) is 11.9. The second-order valence-corrected chi connectivity index (χ2v) is 4.32. The van der Waals surface area contributed by atoms with E-state index in [1.165, 1.54) is 0 Å². The Morgan fingerprint density at radius 2 is 1.30 bits per heavy atom. The van der Waals surface area contributed by atoms with Gasteiger partial charge in [-0.3, -0.25) is 0 Å². The summed E-state index contributed by atoms with van der Waals surface area (Å²) in [6, 6.07) is 21.3. The highest BCUT2D eigenvalue weighted by atomic mass is 14.7. The molecule has 0 fully saturated rings. The first-order valence-corrected chi connectivity index (χ1v) is 6.13. The number of nitriles is 2. The molecule has 0 saturated carbocycles. The minimum atomic E-state index is 0.284. The normalized spacial score (nSPS) is 9.90. The summed E-state index contributed by atoms with van der Waals surface area (Å²) in [6.45, 7) is 0. The summed E-state index contributed by atoms with van der Waals surface area (Å²) >= 11 is 0. The fourth-order valence-electron chi connectivity index (χ4n) is 2.33. The first-order valence-electron chi connectivity index (χ1n) is 6.13. The van der Waals surface area contributed by atoms with Gasteiger partial charge in [0.1, 0.15) is 17.8 Å². The fourth-order valence-corrected chi connectivity index (χ4v) is 2.33. The summed E-state index contributed by atoms with van der Waals surface area (Å²) in [5.41, 5.74) is 2.28. The van der Waals surface area contributed by atoms with Gasteiger partial charge in [0.25, 0.3) is 0 Å². The summed E-state index contributed by atoms with van der Waals surface area (Å²) in [5, 5.41) is 20.2. The Bertz CT molecular complexity index is 868. The van der Waals surface area contributed by atoms with Crippen LogP contribution in [0.2, 0.25) is 0 Å². The molecule has 3 nitrogen and oxygen atoms in total. The molecule has 1 heterocycles. The molecule has 0 N–H and O–H groups in total. The van der Waals surface area contributed by atoms with Crippen LogP contribution in [0.3, 0.4) is 0 Å². The lowest BCUT2D eigenvalue weighted by molar-refractivity contribution is 1.25. The lowest BCUT2D eigenvalue weighted by atomic mass is 9.96. The molecule has 0 aliphatic rings. The van der Waals surface area contributed by atoms with Crippen molar-refractivity contribution in [3.05, 3.63) is 66.0 Å². The molecule has 0 unspecified atom stereocenters. The van der Waals surface area contributed by atoms with E-state index in [-0.39, 0.29) is 11.4 Å². The average Bonchev–Trinajstić information content (AvgIpc) is 2.54. The molecule has 3 aromatic rings. The van der Waals surface area contributed by atoms with Crippen LogP contribution in [0.4, 0.5) is 0 Å².